The van der Waals surface area contributed by atoms with Crippen LogP contribution >= 0.6 is 0 Å². The Hall–Kier alpha value is -3.76. The number of pyridine rings is 1. The fourth-order valence-corrected chi connectivity index (χ4v) is 3.64. The second-order valence-corrected chi connectivity index (χ2v) is 7.07. The zero-order chi connectivity index (χ0) is 21.6. The van der Waals surface area contributed by atoms with E-state index in [1.165, 1.54) is 0 Å². The lowest BCUT2D eigenvalue weighted by atomic mass is 10.0. The average Bonchev–Trinajstić information content (AvgIpc) is 2.84. The normalized spacial score (nSPS) is 13.4. The van der Waals surface area contributed by atoms with Gasteiger partial charge in [0.1, 0.15) is 17.3 Å². The maximum absolute atomic E-state index is 9.25. The molecule has 0 amide bonds. The highest BCUT2D eigenvalue weighted by atomic mass is 16.5. The van der Waals surface area contributed by atoms with Crippen LogP contribution in [0.4, 0.5) is 17.2 Å². The van der Waals surface area contributed by atoms with E-state index in [1.54, 1.807) is 32.5 Å². The van der Waals surface area contributed by atoms with E-state index in [1.807, 2.05) is 30.3 Å². The predicted molar refractivity (Wildman–Crippen MR) is 120 cm³/mol. The lowest BCUT2D eigenvalue weighted by Gasteiger charge is -2.30. The summed E-state index contributed by atoms with van der Waals surface area (Å²) >= 11 is 0. The van der Waals surface area contributed by atoms with Crippen LogP contribution in [-0.4, -0.2) is 45.5 Å². The van der Waals surface area contributed by atoms with Crippen LogP contribution < -0.4 is 19.7 Å². The molecule has 0 spiro atoms. The van der Waals surface area contributed by atoms with Gasteiger partial charge in [-0.3, -0.25) is 0 Å². The molecule has 1 aromatic heterocycles. The van der Waals surface area contributed by atoms with Crippen molar-refractivity contribution in [1.29, 1.82) is 5.26 Å². The van der Waals surface area contributed by atoms with E-state index < -0.39 is 0 Å². The second kappa shape index (κ2) is 9.37. The average molecular weight is 416 g/mol. The van der Waals surface area contributed by atoms with Gasteiger partial charge in [-0.1, -0.05) is 0 Å². The molecule has 1 fully saturated rings. The number of morpholine rings is 1. The van der Waals surface area contributed by atoms with Gasteiger partial charge < -0.3 is 24.4 Å². The maximum Gasteiger partial charge on any atom is 0.144 e. The van der Waals surface area contributed by atoms with Gasteiger partial charge in [0.25, 0.3) is 0 Å². The highest BCUT2D eigenvalue weighted by molar-refractivity contribution is 5.75. The number of rotatable bonds is 6. The summed E-state index contributed by atoms with van der Waals surface area (Å²) in [6.07, 6.45) is 1.73. The molecule has 1 N–H and O–H groups in total. The van der Waals surface area contributed by atoms with Crippen LogP contribution in [0.3, 0.4) is 0 Å². The molecule has 0 unspecified atom stereocenters. The molecule has 7 nitrogen and oxygen atoms in total. The summed E-state index contributed by atoms with van der Waals surface area (Å²) in [5.41, 5.74) is 4.24. The number of nitrogens with zero attached hydrogens (tertiary/aromatic N) is 3. The maximum atomic E-state index is 9.25. The van der Waals surface area contributed by atoms with E-state index in [-0.39, 0.29) is 0 Å². The van der Waals surface area contributed by atoms with Crippen LogP contribution in [-0.2, 0) is 4.74 Å². The molecule has 0 radical (unpaired) electrons. The fraction of sp³-hybridized carbons (Fsp3) is 0.250. The Morgan fingerprint density at radius 2 is 1.81 bits per heavy atom. The molecule has 7 heteroatoms. The van der Waals surface area contributed by atoms with Crippen LogP contribution in [0, 0.1) is 11.3 Å². The minimum absolute atomic E-state index is 0.575. The van der Waals surface area contributed by atoms with Gasteiger partial charge in [0, 0.05) is 36.6 Å². The first-order chi connectivity index (χ1) is 15.2. The van der Waals surface area contributed by atoms with Crippen LogP contribution in [0.15, 0.2) is 54.7 Å². The highest BCUT2D eigenvalue weighted by Crippen LogP contribution is 2.34. The number of ether oxygens (including phenoxy) is 3. The predicted octanol–water partition coefficient (Wildman–Crippen LogP) is 4.22. The molecule has 158 valence electrons. The molecule has 4 rings (SSSR count). The van der Waals surface area contributed by atoms with Crippen molar-refractivity contribution in [3.8, 4) is 28.7 Å². The van der Waals surface area contributed by atoms with Crippen molar-refractivity contribution >= 4 is 17.2 Å². The molecule has 1 aliphatic rings. The van der Waals surface area contributed by atoms with E-state index in [4.69, 9.17) is 14.2 Å². The second-order valence-electron chi connectivity index (χ2n) is 7.07. The van der Waals surface area contributed by atoms with E-state index in [9.17, 15) is 5.26 Å². The molecule has 3 aromatic rings. The monoisotopic (exact) mass is 416 g/mol. The minimum atomic E-state index is 0.575. The van der Waals surface area contributed by atoms with E-state index in [2.05, 4.69) is 27.3 Å². The highest BCUT2D eigenvalue weighted by Gasteiger charge is 2.16. The van der Waals surface area contributed by atoms with Crippen molar-refractivity contribution in [3.63, 3.8) is 0 Å². The molecule has 2 aromatic carbocycles. The van der Waals surface area contributed by atoms with Gasteiger partial charge in [-0.2, -0.15) is 5.26 Å². The molecule has 2 heterocycles. The largest absolute Gasteiger partial charge is 0.496 e. The Labute approximate surface area is 181 Å². The van der Waals surface area contributed by atoms with Crippen molar-refractivity contribution < 1.29 is 14.2 Å². The van der Waals surface area contributed by atoms with Gasteiger partial charge in [0.05, 0.1) is 44.8 Å². The molecule has 1 aliphatic heterocycles. The third-order valence-electron chi connectivity index (χ3n) is 5.20. The van der Waals surface area contributed by atoms with Crippen molar-refractivity contribution in [1.82, 2.24) is 4.98 Å². The zero-order valence-corrected chi connectivity index (χ0v) is 17.6. The van der Waals surface area contributed by atoms with Crippen LogP contribution in [0.1, 0.15) is 5.56 Å². The number of benzene rings is 2. The molecule has 0 atom stereocenters. The van der Waals surface area contributed by atoms with Crippen molar-refractivity contribution in [2.75, 3.05) is 50.7 Å². The summed E-state index contributed by atoms with van der Waals surface area (Å²) in [5.74, 6) is 2.18. The number of hydrogen-bond acceptors (Lipinski definition) is 7. The number of nitrogens with one attached hydrogen (secondary N) is 1. The number of aromatic nitrogens is 1. The number of nitriles is 1. The Bertz CT molecular complexity index is 1100. The molecule has 0 saturated carbocycles. The third kappa shape index (κ3) is 4.55. The van der Waals surface area contributed by atoms with E-state index >= 15 is 0 Å². The number of hydrogen-bond donors (Lipinski definition) is 1. The van der Waals surface area contributed by atoms with Gasteiger partial charge in [-0.25, -0.2) is 4.98 Å². The molecule has 0 bridgehead atoms. The zero-order valence-electron chi connectivity index (χ0n) is 17.6. The van der Waals surface area contributed by atoms with Crippen molar-refractivity contribution in [2.45, 2.75) is 0 Å². The summed E-state index contributed by atoms with van der Waals surface area (Å²) in [7, 11) is 3.30. The first kappa shape index (κ1) is 20.5. The molecule has 1 saturated heterocycles. The summed E-state index contributed by atoms with van der Waals surface area (Å²) in [6.45, 7) is 3.12. The van der Waals surface area contributed by atoms with Gasteiger partial charge in [-0.05, 0) is 48.0 Å². The Morgan fingerprint density at radius 3 is 2.55 bits per heavy atom. The quantitative estimate of drug-likeness (QED) is 0.644. The van der Waals surface area contributed by atoms with Gasteiger partial charge in [0.2, 0.25) is 0 Å². The summed E-state index contributed by atoms with van der Waals surface area (Å²) in [6, 6.07) is 17.4. The van der Waals surface area contributed by atoms with Crippen LogP contribution in [0.5, 0.6) is 11.5 Å². The molecular formula is C24H24N4O3. The number of anilines is 3. The Balaban J connectivity index is 1.60. The van der Waals surface area contributed by atoms with Crippen molar-refractivity contribution in [2.24, 2.45) is 0 Å². The lowest BCUT2D eigenvalue weighted by Crippen LogP contribution is -2.36. The molecular weight excluding hydrogens is 392 g/mol. The Morgan fingerprint density at radius 1 is 1.00 bits per heavy atom. The smallest absolute Gasteiger partial charge is 0.144 e. The van der Waals surface area contributed by atoms with Gasteiger partial charge in [-0.15, -0.1) is 0 Å². The third-order valence-corrected chi connectivity index (χ3v) is 5.20. The fourth-order valence-electron chi connectivity index (χ4n) is 3.64. The van der Waals surface area contributed by atoms with E-state index in [0.717, 1.165) is 54.6 Å². The number of methoxy groups -OCH3 is 2. The van der Waals surface area contributed by atoms with Gasteiger partial charge in [0.15, 0.2) is 0 Å². The topological polar surface area (TPSA) is 79.6 Å². The first-order valence-electron chi connectivity index (χ1n) is 10.0. The molecule has 31 heavy (non-hydrogen) atoms. The molecule has 0 aliphatic carbocycles. The standard InChI is InChI=1S/C24H24N4O3/c1-29-22-6-3-17(16-25)13-20(22)18-7-8-26-24(14-18)27-19-4-5-21(23(15-19)30-2)28-9-11-31-12-10-28/h3-8,13-15H,9-12H2,1-2H3,(H,26,27). The SMILES string of the molecule is COc1ccc(C#N)cc1-c1ccnc(Nc2ccc(N3CCOCC3)c(OC)c2)c1. The van der Waals surface area contributed by atoms with E-state index in [0.29, 0.717) is 17.1 Å². The summed E-state index contributed by atoms with van der Waals surface area (Å²) in [4.78, 5) is 6.70. The minimum Gasteiger partial charge on any atom is -0.496 e. The Kier molecular flexibility index (Phi) is 6.20. The van der Waals surface area contributed by atoms with Gasteiger partial charge >= 0.3 is 0 Å². The van der Waals surface area contributed by atoms with Crippen LogP contribution in [0.2, 0.25) is 0 Å². The first-order valence-corrected chi connectivity index (χ1v) is 10.0. The summed E-state index contributed by atoms with van der Waals surface area (Å²) < 4.78 is 16.6. The lowest BCUT2D eigenvalue weighted by molar-refractivity contribution is 0.122. The summed E-state index contributed by atoms with van der Waals surface area (Å²) in [5, 5.41) is 12.6. The van der Waals surface area contributed by atoms with Crippen molar-refractivity contribution in [3.05, 3.63) is 60.3 Å². The van der Waals surface area contributed by atoms with Crippen LogP contribution in [0.25, 0.3) is 11.1 Å².